The number of amides is 1. The molecule has 0 spiro atoms. The molecule has 2 fully saturated rings. The maximum absolute atomic E-state index is 12.6. The van der Waals surface area contributed by atoms with E-state index in [1.54, 1.807) is 11.3 Å². The molecule has 0 saturated carbocycles. The molecule has 0 unspecified atom stereocenters. The number of piperidine rings is 1. The predicted molar refractivity (Wildman–Crippen MR) is 90.4 cm³/mol. The molecule has 0 aromatic carbocycles. The van der Waals surface area contributed by atoms with Gasteiger partial charge >= 0.3 is 0 Å². The minimum atomic E-state index is 0.328. The highest BCUT2D eigenvalue weighted by molar-refractivity contribution is 7.13. The molecular formula is C16H26N4OS. The van der Waals surface area contributed by atoms with Gasteiger partial charge in [-0.1, -0.05) is 6.92 Å². The second-order valence-electron chi connectivity index (χ2n) is 6.22. The van der Waals surface area contributed by atoms with E-state index in [0.29, 0.717) is 18.5 Å². The van der Waals surface area contributed by atoms with Crippen LogP contribution in [0.25, 0.3) is 0 Å². The number of hydrogen-bond acceptors (Lipinski definition) is 5. The molecule has 0 aliphatic carbocycles. The van der Waals surface area contributed by atoms with Crippen LogP contribution in [0.1, 0.15) is 32.6 Å². The Morgan fingerprint density at radius 1 is 1.27 bits per heavy atom. The largest absolute Gasteiger partial charge is 0.346 e. The maximum Gasteiger partial charge on any atom is 0.236 e. The predicted octanol–water partition coefficient (Wildman–Crippen LogP) is 2.06. The van der Waals surface area contributed by atoms with Crippen LogP contribution in [0.5, 0.6) is 0 Å². The number of carbonyl (C=O) groups is 1. The Morgan fingerprint density at radius 2 is 2.09 bits per heavy atom. The molecule has 1 atom stereocenters. The van der Waals surface area contributed by atoms with Gasteiger partial charge in [0.1, 0.15) is 0 Å². The van der Waals surface area contributed by atoms with E-state index in [9.17, 15) is 4.79 Å². The zero-order chi connectivity index (χ0) is 15.4. The Kier molecular flexibility index (Phi) is 5.31. The molecule has 1 aromatic heterocycles. The Morgan fingerprint density at radius 3 is 2.77 bits per heavy atom. The van der Waals surface area contributed by atoms with Crippen molar-refractivity contribution in [2.45, 2.75) is 38.6 Å². The molecule has 22 heavy (non-hydrogen) atoms. The monoisotopic (exact) mass is 322 g/mol. The van der Waals surface area contributed by atoms with Crippen LogP contribution in [0.3, 0.4) is 0 Å². The highest BCUT2D eigenvalue weighted by Crippen LogP contribution is 2.21. The van der Waals surface area contributed by atoms with Gasteiger partial charge in [-0.25, -0.2) is 4.98 Å². The third kappa shape index (κ3) is 3.60. The quantitative estimate of drug-likeness (QED) is 0.851. The normalized spacial score (nSPS) is 23.8. The lowest BCUT2D eigenvalue weighted by molar-refractivity contribution is -0.136. The number of likely N-dealkylation sites (tertiary alicyclic amines) is 1. The van der Waals surface area contributed by atoms with Gasteiger partial charge in [0.05, 0.1) is 6.54 Å². The number of aromatic nitrogens is 1. The van der Waals surface area contributed by atoms with Crippen molar-refractivity contribution in [1.82, 2.24) is 14.8 Å². The number of thiazole rings is 1. The molecule has 6 heteroatoms. The molecule has 2 saturated heterocycles. The van der Waals surface area contributed by atoms with E-state index in [2.05, 4.69) is 26.6 Å². The van der Waals surface area contributed by atoms with Crippen LogP contribution in [0.15, 0.2) is 11.6 Å². The van der Waals surface area contributed by atoms with Crippen LogP contribution in [-0.4, -0.2) is 66.0 Å². The SMILES string of the molecule is CC[C@H]1CCCCN1C(=O)CN1CCN(c2nccs2)CC1. The summed E-state index contributed by atoms with van der Waals surface area (Å²) in [5, 5.41) is 3.12. The van der Waals surface area contributed by atoms with Crippen molar-refractivity contribution in [1.29, 1.82) is 0 Å². The Hall–Kier alpha value is -1.14. The summed E-state index contributed by atoms with van der Waals surface area (Å²) in [5.74, 6) is 0.328. The van der Waals surface area contributed by atoms with E-state index in [1.165, 1.54) is 19.3 Å². The minimum absolute atomic E-state index is 0.328. The zero-order valence-corrected chi connectivity index (χ0v) is 14.2. The van der Waals surface area contributed by atoms with Gasteiger partial charge in [0.15, 0.2) is 5.13 Å². The molecule has 0 bridgehead atoms. The lowest BCUT2D eigenvalue weighted by Crippen LogP contribution is -2.52. The van der Waals surface area contributed by atoms with E-state index in [-0.39, 0.29) is 0 Å². The van der Waals surface area contributed by atoms with Crippen molar-refractivity contribution >= 4 is 22.4 Å². The summed E-state index contributed by atoms with van der Waals surface area (Å²) in [6, 6.07) is 0.470. The fraction of sp³-hybridized carbons (Fsp3) is 0.750. The van der Waals surface area contributed by atoms with Crippen molar-refractivity contribution in [3.05, 3.63) is 11.6 Å². The number of anilines is 1. The Balaban J connectivity index is 1.48. The fourth-order valence-electron chi connectivity index (χ4n) is 3.50. The van der Waals surface area contributed by atoms with E-state index < -0.39 is 0 Å². The highest BCUT2D eigenvalue weighted by atomic mass is 32.1. The summed E-state index contributed by atoms with van der Waals surface area (Å²) in [6.07, 6.45) is 6.57. The first-order chi connectivity index (χ1) is 10.8. The number of hydrogen-bond donors (Lipinski definition) is 0. The second-order valence-corrected chi connectivity index (χ2v) is 7.10. The molecule has 0 radical (unpaired) electrons. The standard InChI is InChI=1S/C16H26N4OS/c1-2-14-5-3-4-7-20(14)15(21)13-18-8-10-19(11-9-18)16-17-6-12-22-16/h6,12,14H,2-5,7-11,13H2,1H3/t14-/m0/s1. The second kappa shape index (κ2) is 7.42. The van der Waals surface area contributed by atoms with Crippen LogP contribution in [0.4, 0.5) is 5.13 Å². The average molecular weight is 322 g/mol. The first-order valence-electron chi connectivity index (χ1n) is 8.44. The number of rotatable bonds is 4. The lowest BCUT2D eigenvalue weighted by Gasteiger charge is -2.38. The lowest BCUT2D eigenvalue weighted by atomic mass is 10.00. The van der Waals surface area contributed by atoms with E-state index in [4.69, 9.17) is 0 Å². The van der Waals surface area contributed by atoms with Gasteiger partial charge in [-0.15, -0.1) is 11.3 Å². The molecule has 5 nitrogen and oxygen atoms in total. The molecule has 2 aliphatic rings. The molecule has 122 valence electrons. The van der Waals surface area contributed by atoms with Gasteiger partial charge in [-0.3, -0.25) is 9.69 Å². The van der Waals surface area contributed by atoms with Crippen LogP contribution < -0.4 is 4.90 Å². The average Bonchev–Trinajstić information content (AvgIpc) is 3.10. The Bertz CT molecular complexity index is 471. The topological polar surface area (TPSA) is 39.7 Å². The maximum atomic E-state index is 12.6. The smallest absolute Gasteiger partial charge is 0.236 e. The van der Waals surface area contributed by atoms with Gasteiger partial charge in [-0.2, -0.15) is 0 Å². The molecule has 3 rings (SSSR count). The fourth-order valence-corrected chi connectivity index (χ4v) is 4.20. The first-order valence-corrected chi connectivity index (χ1v) is 9.32. The van der Waals surface area contributed by atoms with E-state index >= 15 is 0 Å². The van der Waals surface area contributed by atoms with E-state index in [1.807, 2.05) is 11.6 Å². The van der Waals surface area contributed by atoms with Crippen LogP contribution in [-0.2, 0) is 4.79 Å². The van der Waals surface area contributed by atoms with Gasteiger partial charge in [0.2, 0.25) is 5.91 Å². The molecular weight excluding hydrogens is 296 g/mol. The Labute approximate surface area is 136 Å². The van der Waals surface area contributed by atoms with Gasteiger partial charge in [-0.05, 0) is 25.7 Å². The van der Waals surface area contributed by atoms with Gasteiger partial charge in [0.25, 0.3) is 0 Å². The number of nitrogens with zero attached hydrogens (tertiary/aromatic N) is 4. The van der Waals surface area contributed by atoms with Crippen LogP contribution >= 0.6 is 11.3 Å². The summed E-state index contributed by atoms with van der Waals surface area (Å²) in [7, 11) is 0. The van der Waals surface area contributed by atoms with Crippen molar-refractivity contribution in [3.8, 4) is 0 Å². The molecule has 3 heterocycles. The highest BCUT2D eigenvalue weighted by Gasteiger charge is 2.27. The van der Waals surface area contributed by atoms with Crippen LogP contribution in [0, 0.1) is 0 Å². The van der Waals surface area contributed by atoms with Crippen molar-refractivity contribution < 1.29 is 4.79 Å². The summed E-state index contributed by atoms with van der Waals surface area (Å²) < 4.78 is 0. The van der Waals surface area contributed by atoms with Gasteiger partial charge in [0, 0.05) is 50.3 Å². The summed E-state index contributed by atoms with van der Waals surface area (Å²) in [6.45, 7) is 7.59. The van der Waals surface area contributed by atoms with E-state index in [0.717, 1.165) is 44.3 Å². The molecule has 0 N–H and O–H groups in total. The first kappa shape index (κ1) is 15.7. The minimum Gasteiger partial charge on any atom is -0.346 e. The molecule has 1 amide bonds. The molecule has 1 aromatic rings. The van der Waals surface area contributed by atoms with Crippen molar-refractivity contribution in [3.63, 3.8) is 0 Å². The summed E-state index contributed by atoms with van der Waals surface area (Å²) in [4.78, 5) is 23.7. The third-order valence-electron chi connectivity index (χ3n) is 4.84. The zero-order valence-electron chi connectivity index (χ0n) is 13.4. The summed E-state index contributed by atoms with van der Waals surface area (Å²) in [5.41, 5.74) is 0. The van der Waals surface area contributed by atoms with Gasteiger partial charge < -0.3 is 9.80 Å². The number of piperazine rings is 1. The van der Waals surface area contributed by atoms with Crippen molar-refractivity contribution in [2.24, 2.45) is 0 Å². The van der Waals surface area contributed by atoms with Crippen molar-refractivity contribution in [2.75, 3.05) is 44.2 Å². The number of carbonyl (C=O) groups excluding carboxylic acids is 1. The summed E-state index contributed by atoms with van der Waals surface area (Å²) >= 11 is 1.69. The van der Waals surface area contributed by atoms with Crippen LogP contribution in [0.2, 0.25) is 0 Å². The third-order valence-corrected chi connectivity index (χ3v) is 5.67. The molecule has 2 aliphatic heterocycles.